The van der Waals surface area contributed by atoms with Crippen LogP contribution in [0.25, 0.3) is 0 Å². The number of hydrogen-bond donors (Lipinski definition) is 3. The summed E-state index contributed by atoms with van der Waals surface area (Å²) in [6.07, 6.45) is 3.45. The molecule has 1 aromatic heterocycles. The van der Waals surface area contributed by atoms with Crippen LogP contribution in [0.1, 0.15) is 6.92 Å². The standard InChI is InChI=1S/C18H18N6O3/c1-11-8-21-18(22-12-3-6-16(25-2)19-9-12)24(17(11)23-27-18)13-4-5-15-14(7-13)20-10-26-15/h3-9,20,22-23H,10H2,1-2H3. The van der Waals surface area contributed by atoms with E-state index < -0.39 is 5.97 Å². The van der Waals surface area contributed by atoms with Crippen LogP contribution in [-0.2, 0) is 4.84 Å². The number of benzene rings is 1. The highest BCUT2D eigenvalue weighted by Gasteiger charge is 2.49. The molecule has 1 saturated heterocycles. The molecule has 9 heteroatoms. The van der Waals surface area contributed by atoms with E-state index in [0.29, 0.717) is 12.6 Å². The van der Waals surface area contributed by atoms with Crippen LogP contribution in [0.4, 0.5) is 17.1 Å². The van der Waals surface area contributed by atoms with Crippen LogP contribution in [0.15, 0.2) is 52.9 Å². The number of methoxy groups -OCH3 is 1. The molecule has 9 nitrogen and oxygen atoms in total. The fraction of sp³-hybridized carbons (Fsp3) is 0.222. The molecule has 1 aromatic carbocycles. The van der Waals surface area contributed by atoms with Crippen molar-refractivity contribution in [2.75, 3.05) is 29.4 Å². The summed E-state index contributed by atoms with van der Waals surface area (Å²) >= 11 is 0. The van der Waals surface area contributed by atoms with E-state index >= 15 is 0 Å². The summed E-state index contributed by atoms with van der Waals surface area (Å²) in [6, 6.07) is 9.55. The smallest absolute Gasteiger partial charge is 0.351 e. The van der Waals surface area contributed by atoms with Crippen molar-refractivity contribution in [2.45, 2.75) is 12.9 Å². The molecule has 1 unspecified atom stereocenters. The van der Waals surface area contributed by atoms with Crippen LogP contribution >= 0.6 is 0 Å². The van der Waals surface area contributed by atoms with Gasteiger partial charge in [-0.25, -0.2) is 20.3 Å². The Hall–Kier alpha value is -3.46. The Morgan fingerprint density at radius 3 is 3.04 bits per heavy atom. The highest BCUT2D eigenvalue weighted by molar-refractivity contribution is 5.84. The summed E-state index contributed by atoms with van der Waals surface area (Å²) < 4.78 is 10.6. The topological polar surface area (TPSA) is 92.3 Å². The van der Waals surface area contributed by atoms with Crippen molar-refractivity contribution in [3.63, 3.8) is 0 Å². The van der Waals surface area contributed by atoms with E-state index in [9.17, 15) is 0 Å². The number of rotatable bonds is 4. The highest BCUT2D eigenvalue weighted by atomic mass is 16.7. The van der Waals surface area contributed by atoms with Crippen LogP contribution in [0, 0.1) is 0 Å². The molecule has 3 aliphatic heterocycles. The second-order valence-electron chi connectivity index (χ2n) is 6.30. The van der Waals surface area contributed by atoms with Crippen molar-refractivity contribution in [1.29, 1.82) is 0 Å². The van der Waals surface area contributed by atoms with Crippen LogP contribution < -0.4 is 30.5 Å². The molecule has 4 heterocycles. The minimum atomic E-state index is -1.17. The van der Waals surface area contributed by atoms with Gasteiger partial charge in [-0.2, -0.15) is 0 Å². The van der Waals surface area contributed by atoms with Crippen molar-refractivity contribution >= 4 is 23.3 Å². The lowest BCUT2D eigenvalue weighted by Crippen LogP contribution is -2.51. The molecule has 0 saturated carbocycles. The minimum Gasteiger partial charge on any atom is -0.481 e. The van der Waals surface area contributed by atoms with Gasteiger partial charge in [0.05, 0.1) is 30.4 Å². The predicted molar refractivity (Wildman–Crippen MR) is 101 cm³/mol. The number of hydroxylamine groups is 1. The molecule has 0 amide bonds. The summed E-state index contributed by atoms with van der Waals surface area (Å²) in [5, 5.41) is 6.52. The maximum absolute atomic E-state index is 5.88. The fourth-order valence-corrected chi connectivity index (χ4v) is 3.24. The molecule has 2 bridgehead atoms. The van der Waals surface area contributed by atoms with E-state index in [1.165, 1.54) is 0 Å². The van der Waals surface area contributed by atoms with Crippen LogP contribution in [0.3, 0.4) is 0 Å². The number of fused-ring (bicyclic) bond motifs is 3. The number of ether oxygens (including phenoxy) is 2. The third kappa shape index (κ3) is 2.43. The van der Waals surface area contributed by atoms with Gasteiger partial charge < -0.3 is 20.1 Å². The van der Waals surface area contributed by atoms with Gasteiger partial charge in [0.25, 0.3) is 0 Å². The number of allylic oxidation sites excluding steroid dienone is 1. The van der Waals surface area contributed by atoms with Crippen LogP contribution in [0.5, 0.6) is 11.6 Å². The number of anilines is 3. The third-order valence-corrected chi connectivity index (χ3v) is 4.59. The lowest BCUT2D eigenvalue weighted by molar-refractivity contribution is -0.0214. The molecule has 0 aliphatic carbocycles. The van der Waals surface area contributed by atoms with Crippen LogP contribution in [0.2, 0.25) is 0 Å². The molecule has 0 spiro atoms. The summed E-state index contributed by atoms with van der Waals surface area (Å²) in [6.45, 7) is 2.44. The quantitative estimate of drug-likeness (QED) is 0.759. The predicted octanol–water partition coefficient (Wildman–Crippen LogP) is 2.23. The molecule has 27 heavy (non-hydrogen) atoms. The summed E-state index contributed by atoms with van der Waals surface area (Å²) in [5.41, 5.74) is 6.52. The van der Waals surface area contributed by atoms with Gasteiger partial charge >= 0.3 is 5.97 Å². The summed E-state index contributed by atoms with van der Waals surface area (Å²) in [7, 11) is 1.58. The lowest BCUT2D eigenvalue weighted by Gasteiger charge is -2.36. The fourth-order valence-electron chi connectivity index (χ4n) is 3.24. The molecule has 0 radical (unpaired) electrons. The molecular weight excluding hydrogens is 348 g/mol. The number of aliphatic imine (C=N–C) groups is 1. The average molecular weight is 366 g/mol. The van der Waals surface area contributed by atoms with Gasteiger partial charge in [0.15, 0.2) is 6.73 Å². The van der Waals surface area contributed by atoms with E-state index in [1.807, 2.05) is 36.1 Å². The van der Waals surface area contributed by atoms with Gasteiger partial charge in [-0.3, -0.25) is 4.90 Å². The summed E-state index contributed by atoms with van der Waals surface area (Å²) in [5.74, 6) is 1.01. The molecule has 5 rings (SSSR count). The Morgan fingerprint density at radius 1 is 1.30 bits per heavy atom. The first-order valence-electron chi connectivity index (χ1n) is 8.48. The SMILES string of the molecule is COc1ccc(NC23N=CC(C)=C(NO2)N3c2ccc3c(c2)NCO3)cn1. The Labute approximate surface area is 155 Å². The molecule has 1 atom stereocenters. The first-order chi connectivity index (χ1) is 13.2. The van der Waals surface area contributed by atoms with Gasteiger partial charge in [0, 0.05) is 17.9 Å². The largest absolute Gasteiger partial charge is 0.481 e. The van der Waals surface area contributed by atoms with Crippen LogP contribution in [-0.4, -0.2) is 31.0 Å². The zero-order valence-corrected chi connectivity index (χ0v) is 14.8. The first-order valence-corrected chi connectivity index (χ1v) is 8.48. The van der Waals surface area contributed by atoms with Gasteiger partial charge in [0.2, 0.25) is 5.88 Å². The van der Waals surface area contributed by atoms with Crippen molar-refractivity contribution in [3.05, 3.63) is 47.9 Å². The van der Waals surface area contributed by atoms with Crippen molar-refractivity contribution < 1.29 is 14.3 Å². The van der Waals surface area contributed by atoms with Gasteiger partial charge in [-0.05, 0) is 31.2 Å². The zero-order valence-electron chi connectivity index (χ0n) is 14.8. The first kappa shape index (κ1) is 15.8. The molecule has 1 fully saturated rings. The highest BCUT2D eigenvalue weighted by Crippen LogP contribution is 2.41. The van der Waals surface area contributed by atoms with Crippen molar-refractivity contribution in [3.8, 4) is 11.6 Å². The number of aromatic nitrogens is 1. The van der Waals surface area contributed by atoms with E-state index in [-0.39, 0.29) is 0 Å². The Balaban J connectivity index is 1.54. The van der Waals surface area contributed by atoms with Crippen molar-refractivity contribution in [1.82, 2.24) is 10.5 Å². The van der Waals surface area contributed by atoms with E-state index in [2.05, 4.69) is 26.1 Å². The second kappa shape index (κ2) is 5.78. The van der Waals surface area contributed by atoms with E-state index in [1.54, 1.807) is 25.6 Å². The molecule has 2 aromatic rings. The number of hydrogen-bond acceptors (Lipinski definition) is 9. The van der Waals surface area contributed by atoms with Gasteiger partial charge in [-0.1, -0.05) is 0 Å². The second-order valence-corrected chi connectivity index (χ2v) is 6.30. The molecule has 138 valence electrons. The maximum Gasteiger partial charge on any atom is 0.351 e. The normalized spacial score (nSPS) is 22.1. The average Bonchev–Trinajstić information content (AvgIpc) is 3.27. The lowest BCUT2D eigenvalue weighted by atomic mass is 10.2. The number of pyridine rings is 1. The Kier molecular flexibility index (Phi) is 3.37. The molecule has 3 N–H and O–H groups in total. The van der Waals surface area contributed by atoms with E-state index in [0.717, 1.165) is 34.2 Å². The monoisotopic (exact) mass is 366 g/mol. The van der Waals surface area contributed by atoms with Crippen molar-refractivity contribution in [2.24, 2.45) is 4.99 Å². The molecule has 3 aliphatic rings. The Morgan fingerprint density at radius 2 is 2.22 bits per heavy atom. The zero-order chi connectivity index (χ0) is 18.4. The third-order valence-electron chi connectivity index (χ3n) is 4.59. The van der Waals surface area contributed by atoms with E-state index in [4.69, 9.17) is 14.3 Å². The molecular formula is C18H18N6O3. The number of nitrogens with zero attached hydrogens (tertiary/aromatic N) is 3. The van der Waals surface area contributed by atoms with Gasteiger partial charge in [0.1, 0.15) is 11.6 Å². The number of nitrogens with one attached hydrogen (secondary N) is 3. The van der Waals surface area contributed by atoms with Gasteiger partial charge in [-0.15, -0.1) is 0 Å². The minimum absolute atomic E-state index is 0.467. The summed E-state index contributed by atoms with van der Waals surface area (Å²) in [4.78, 5) is 16.7. The maximum atomic E-state index is 5.88. The Bertz CT molecular complexity index is 958.